The topological polar surface area (TPSA) is 74.3 Å². The normalized spacial score (nSPS) is 10.4. The van der Waals surface area contributed by atoms with Crippen LogP contribution in [-0.4, -0.2) is 57.3 Å². The van der Waals surface area contributed by atoms with E-state index < -0.39 is 0 Å². The molecular formula is C18H27NO6. The predicted octanol–water partition coefficient (Wildman–Crippen LogP) is 2.52. The molecule has 0 atom stereocenters. The number of carbonyl (C=O) groups excluding carboxylic acids is 2. The number of methoxy groups -OCH3 is 3. The second kappa shape index (κ2) is 9.76. The number of amides is 1. The van der Waals surface area contributed by atoms with Crippen molar-refractivity contribution in [2.75, 3.05) is 34.5 Å². The van der Waals surface area contributed by atoms with Crippen molar-refractivity contribution >= 4 is 11.9 Å². The molecule has 25 heavy (non-hydrogen) atoms. The first-order chi connectivity index (χ1) is 11.9. The molecule has 7 nitrogen and oxygen atoms in total. The molecule has 0 spiro atoms. The van der Waals surface area contributed by atoms with Crippen molar-refractivity contribution in [3.05, 3.63) is 17.7 Å². The second-order valence-electron chi connectivity index (χ2n) is 5.56. The Balaban J connectivity index is 3.10. The zero-order valence-corrected chi connectivity index (χ0v) is 15.8. The fourth-order valence-corrected chi connectivity index (χ4v) is 2.41. The molecule has 0 saturated carbocycles. The summed E-state index contributed by atoms with van der Waals surface area (Å²) in [5.74, 6) is 0.673. The van der Waals surface area contributed by atoms with Gasteiger partial charge in [-0.15, -0.1) is 0 Å². The summed E-state index contributed by atoms with van der Waals surface area (Å²) in [6.45, 7) is 6.12. The van der Waals surface area contributed by atoms with Crippen LogP contribution >= 0.6 is 0 Å². The van der Waals surface area contributed by atoms with E-state index in [2.05, 4.69) is 0 Å². The Morgan fingerprint density at radius 1 is 1.04 bits per heavy atom. The number of esters is 1. The van der Waals surface area contributed by atoms with Gasteiger partial charge in [0, 0.05) is 18.2 Å². The molecule has 7 heteroatoms. The minimum atomic E-state index is -0.328. The third-order valence-electron chi connectivity index (χ3n) is 3.66. The minimum absolute atomic E-state index is 0.0824. The van der Waals surface area contributed by atoms with E-state index in [1.165, 1.54) is 21.3 Å². The van der Waals surface area contributed by atoms with Crippen molar-refractivity contribution in [3.8, 4) is 17.2 Å². The van der Waals surface area contributed by atoms with Crippen LogP contribution in [0.4, 0.5) is 0 Å². The molecule has 0 unspecified atom stereocenters. The molecule has 140 valence electrons. The van der Waals surface area contributed by atoms with E-state index in [9.17, 15) is 9.59 Å². The molecular weight excluding hydrogens is 326 g/mol. The largest absolute Gasteiger partial charge is 0.493 e. The molecule has 0 heterocycles. The lowest BCUT2D eigenvalue weighted by Crippen LogP contribution is -2.38. The fourth-order valence-electron chi connectivity index (χ4n) is 2.41. The van der Waals surface area contributed by atoms with Gasteiger partial charge in [0.2, 0.25) is 5.75 Å². The molecule has 0 bridgehead atoms. The molecule has 1 aromatic carbocycles. The maximum absolute atomic E-state index is 12.9. The summed E-state index contributed by atoms with van der Waals surface area (Å²) >= 11 is 0. The summed E-state index contributed by atoms with van der Waals surface area (Å²) in [6.07, 6.45) is 0.141. The van der Waals surface area contributed by atoms with E-state index in [-0.39, 0.29) is 30.9 Å². The Labute approximate surface area is 148 Å². The lowest BCUT2D eigenvalue weighted by molar-refractivity contribution is -0.143. The fraction of sp³-hybridized carbons (Fsp3) is 0.556. The van der Waals surface area contributed by atoms with E-state index in [1.54, 1.807) is 24.0 Å². The molecule has 0 aliphatic carbocycles. The number of carbonyl (C=O) groups is 2. The zero-order valence-electron chi connectivity index (χ0n) is 15.8. The van der Waals surface area contributed by atoms with Crippen molar-refractivity contribution in [2.45, 2.75) is 33.2 Å². The van der Waals surface area contributed by atoms with Gasteiger partial charge in [0.05, 0.1) is 34.4 Å². The summed E-state index contributed by atoms with van der Waals surface area (Å²) in [6, 6.07) is 3.12. The molecule has 0 saturated heterocycles. The Morgan fingerprint density at radius 3 is 2.00 bits per heavy atom. The molecule has 0 N–H and O–H groups in total. The third kappa shape index (κ3) is 5.27. The SMILES string of the molecule is CCOC(=O)CCN(C(=O)c1cc(OC)c(OC)c(OC)c1)C(C)C. The van der Waals surface area contributed by atoms with Gasteiger partial charge >= 0.3 is 5.97 Å². The van der Waals surface area contributed by atoms with E-state index in [1.807, 2.05) is 13.8 Å². The van der Waals surface area contributed by atoms with Gasteiger partial charge in [-0.25, -0.2) is 0 Å². The number of benzene rings is 1. The molecule has 0 aliphatic rings. The monoisotopic (exact) mass is 353 g/mol. The molecule has 1 amide bonds. The van der Waals surface area contributed by atoms with Crippen LogP contribution in [0, 0.1) is 0 Å². The average molecular weight is 353 g/mol. The van der Waals surface area contributed by atoms with Gasteiger partial charge in [0.25, 0.3) is 5.91 Å². The van der Waals surface area contributed by atoms with Gasteiger partial charge in [0.1, 0.15) is 0 Å². The van der Waals surface area contributed by atoms with Crippen LogP contribution in [0.5, 0.6) is 17.2 Å². The molecule has 0 aliphatic heterocycles. The average Bonchev–Trinajstić information content (AvgIpc) is 2.60. The number of ether oxygens (including phenoxy) is 4. The molecule has 0 fully saturated rings. The Bertz CT molecular complexity index is 574. The summed E-state index contributed by atoms with van der Waals surface area (Å²) in [4.78, 5) is 26.1. The van der Waals surface area contributed by atoms with Gasteiger partial charge in [-0.2, -0.15) is 0 Å². The van der Waals surface area contributed by atoms with Crippen molar-refractivity contribution in [1.82, 2.24) is 4.90 Å². The van der Waals surface area contributed by atoms with Crippen molar-refractivity contribution in [1.29, 1.82) is 0 Å². The number of hydrogen-bond donors (Lipinski definition) is 0. The number of nitrogens with zero attached hydrogens (tertiary/aromatic N) is 1. The van der Waals surface area contributed by atoms with Gasteiger partial charge in [-0.05, 0) is 32.9 Å². The highest BCUT2D eigenvalue weighted by Crippen LogP contribution is 2.38. The van der Waals surface area contributed by atoms with Crippen LogP contribution in [-0.2, 0) is 9.53 Å². The van der Waals surface area contributed by atoms with Crippen LogP contribution in [0.15, 0.2) is 12.1 Å². The smallest absolute Gasteiger partial charge is 0.307 e. The van der Waals surface area contributed by atoms with Crippen molar-refractivity contribution in [2.24, 2.45) is 0 Å². The van der Waals surface area contributed by atoms with E-state index in [0.717, 1.165) is 0 Å². The zero-order chi connectivity index (χ0) is 19.0. The van der Waals surface area contributed by atoms with Crippen molar-refractivity contribution < 1.29 is 28.5 Å². The molecule has 0 aromatic heterocycles. The van der Waals surface area contributed by atoms with E-state index >= 15 is 0 Å². The van der Waals surface area contributed by atoms with Gasteiger partial charge < -0.3 is 23.8 Å². The van der Waals surface area contributed by atoms with Crippen molar-refractivity contribution in [3.63, 3.8) is 0 Å². The van der Waals surface area contributed by atoms with Crippen LogP contribution in [0.25, 0.3) is 0 Å². The van der Waals surface area contributed by atoms with E-state index in [0.29, 0.717) is 29.4 Å². The lowest BCUT2D eigenvalue weighted by atomic mass is 10.1. The highest BCUT2D eigenvalue weighted by Gasteiger charge is 2.23. The third-order valence-corrected chi connectivity index (χ3v) is 3.66. The number of hydrogen-bond acceptors (Lipinski definition) is 6. The van der Waals surface area contributed by atoms with Gasteiger partial charge in [-0.1, -0.05) is 0 Å². The molecule has 1 rings (SSSR count). The standard InChI is InChI=1S/C18H27NO6/c1-7-25-16(20)8-9-19(12(2)3)18(21)13-10-14(22-4)17(24-6)15(11-13)23-5/h10-12H,7-9H2,1-6H3. The Morgan fingerprint density at radius 2 is 1.60 bits per heavy atom. The summed E-state index contributed by atoms with van der Waals surface area (Å²) in [5, 5.41) is 0. The first-order valence-corrected chi connectivity index (χ1v) is 8.16. The lowest BCUT2D eigenvalue weighted by Gasteiger charge is -2.27. The Hall–Kier alpha value is -2.44. The van der Waals surface area contributed by atoms with Crippen LogP contribution in [0.3, 0.4) is 0 Å². The van der Waals surface area contributed by atoms with Gasteiger partial charge in [0.15, 0.2) is 11.5 Å². The van der Waals surface area contributed by atoms with Crippen LogP contribution < -0.4 is 14.2 Å². The number of rotatable bonds is 9. The summed E-state index contributed by atoms with van der Waals surface area (Å²) in [7, 11) is 4.49. The maximum atomic E-state index is 12.9. The Kier molecular flexibility index (Phi) is 8.04. The minimum Gasteiger partial charge on any atom is -0.493 e. The first-order valence-electron chi connectivity index (χ1n) is 8.16. The molecule has 0 radical (unpaired) electrons. The van der Waals surface area contributed by atoms with Crippen LogP contribution in [0.2, 0.25) is 0 Å². The summed E-state index contributed by atoms with van der Waals surface area (Å²) in [5.41, 5.74) is 0.395. The van der Waals surface area contributed by atoms with Crippen LogP contribution in [0.1, 0.15) is 37.6 Å². The quantitative estimate of drug-likeness (QED) is 0.635. The first kappa shape index (κ1) is 20.6. The van der Waals surface area contributed by atoms with E-state index in [4.69, 9.17) is 18.9 Å². The highest BCUT2D eigenvalue weighted by molar-refractivity contribution is 5.96. The van der Waals surface area contributed by atoms with Gasteiger partial charge in [-0.3, -0.25) is 9.59 Å². The molecule has 1 aromatic rings. The predicted molar refractivity (Wildman–Crippen MR) is 93.5 cm³/mol. The highest BCUT2D eigenvalue weighted by atomic mass is 16.5. The maximum Gasteiger partial charge on any atom is 0.307 e. The second-order valence-corrected chi connectivity index (χ2v) is 5.56. The summed E-state index contributed by atoms with van der Waals surface area (Å²) < 4.78 is 20.8.